The summed E-state index contributed by atoms with van der Waals surface area (Å²) in [7, 11) is 0. The van der Waals surface area contributed by atoms with Crippen molar-refractivity contribution in [2.24, 2.45) is 29.6 Å². The molecule has 0 radical (unpaired) electrons. The summed E-state index contributed by atoms with van der Waals surface area (Å²) in [5.41, 5.74) is 0. The molecule has 5 nitrogen and oxygen atoms in total. The third kappa shape index (κ3) is 3.00. The first-order chi connectivity index (χ1) is 10.5. The van der Waals surface area contributed by atoms with E-state index in [9.17, 15) is 9.59 Å². The summed E-state index contributed by atoms with van der Waals surface area (Å²) in [6.45, 7) is 5.81. The summed E-state index contributed by atoms with van der Waals surface area (Å²) in [4.78, 5) is 23.9. The van der Waals surface area contributed by atoms with Crippen molar-refractivity contribution in [1.82, 2.24) is 0 Å². The van der Waals surface area contributed by atoms with Gasteiger partial charge in [-0.05, 0) is 43.4 Å². The molecule has 4 bridgehead atoms. The molecule has 4 aliphatic rings. The maximum Gasteiger partial charge on any atom is 0.311 e. The molecule has 0 amide bonds. The Kier molecular flexibility index (Phi) is 4.44. The van der Waals surface area contributed by atoms with Crippen molar-refractivity contribution in [1.29, 1.82) is 0 Å². The van der Waals surface area contributed by atoms with Gasteiger partial charge in [0.2, 0.25) is 0 Å². The summed E-state index contributed by atoms with van der Waals surface area (Å²) >= 11 is 0. The summed E-state index contributed by atoms with van der Waals surface area (Å²) < 4.78 is 16.7. The van der Waals surface area contributed by atoms with Crippen LogP contribution in [-0.4, -0.2) is 30.9 Å². The number of hydrogen-bond donors (Lipinski definition) is 0. The SMILES string of the molecule is CC(C)C(C)C(=O)OCOC1C2CC3CC(C2)C(=O)OC1C3. The van der Waals surface area contributed by atoms with Crippen molar-refractivity contribution < 1.29 is 23.8 Å². The van der Waals surface area contributed by atoms with Crippen LogP contribution in [0, 0.1) is 29.6 Å². The summed E-state index contributed by atoms with van der Waals surface area (Å²) in [6.07, 6.45) is 3.54. The quantitative estimate of drug-likeness (QED) is 0.577. The largest absolute Gasteiger partial charge is 0.459 e. The molecular formula is C17H26O5. The van der Waals surface area contributed by atoms with Gasteiger partial charge in [0.1, 0.15) is 12.2 Å². The van der Waals surface area contributed by atoms with Crippen LogP contribution in [0.3, 0.4) is 0 Å². The van der Waals surface area contributed by atoms with Gasteiger partial charge in [0.05, 0.1) is 11.8 Å². The number of carbonyl (C=O) groups is 2. The van der Waals surface area contributed by atoms with Gasteiger partial charge >= 0.3 is 11.9 Å². The fraction of sp³-hybridized carbons (Fsp3) is 0.882. The summed E-state index contributed by atoms with van der Waals surface area (Å²) in [5.74, 6) is 0.812. The monoisotopic (exact) mass is 310 g/mol. The Morgan fingerprint density at radius 1 is 1.23 bits per heavy atom. The molecule has 4 fully saturated rings. The second-order valence-electron chi connectivity index (χ2n) is 7.49. The lowest BCUT2D eigenvalue weighted by Gasteiger charge is -2.41. The smallest absolute Gasteiger partial charge is 0.311 e. The average Bonchev–Trinajstić information content (AvgIpc) is 2.63. The fourth-order valence-corrected chi connectivity index (χ4v) is 4.08. The van der Waals surface area contributed by atoms with Gasteiger partial charge in [-0.1, -0.05) is 20.8 Å². The van der Waals surface area contributed by atoms with E-state index in [-0.39, 0.29) is 48.7 Å². The van der Waals surface area contributed by atoms with E-state index in [1.807, 2.05) is 20.8 Å². The molecular weight excluding hydrogens is 284 g/mol. The first kappa shape index (κ1) is 15.8. The van der Waals surface area contributed by atoms with E-state index < -0.39 is 0 Å². The Hall–Kier alpha value is -1.10. The minimum absolute atomic E-state index is 0.0412. The number of esters is 2. The van der Waals surface area contributed by atoms with E-state index >= 15 is 0 Å². The van der Waals surface area contributed by atoms with Gasteiger partial charge in [0, 0.05) is 0 Å². The Bertz CT molecular complexity index is 446. The van der Waals surface area contributed by atoms with Gasteiger partial charge in [-0.3, -0.25) is 9.59 Å². The first-order valence-electron chi connectivity index (χ1n) is 8.44. The van der Waals surface area contributed by atoms with Crippen LogP contribution in [0.4, 0.5) is 0 Å². The number of carbonyl (C=O) groups excluding carboxylic acids is 2. The third-order valence-electron chi connectivity index (χ3n) is 5.67. The molecule has 2 heterocycles. The molecule has 0 aromatic heterocycles. The second kappa shape index (κ2) is 6.19. The highest BCUT2D eigenvalue weighted by atomic mass is 16.7. The van der Waals surface area contributed by atoms with Gasteiger partial charge in [-0.25, -0.2) is 0 Å². The molecule has 5 heteroatoms. The van der Waals surface area contributed by atoms with E-state index in [2.05, 4.69) is 0 Å². The zero-order chi connectivity index (χ0) is 15.9. The zero-order valence-corrected chi connectivity index (χ0v) is 13.6. The molecule has 2 saturated heterocycles. The van der Waals surface area contributed by atoms with Gasteiger partial charge < -0.3 is 14.2 Å². The molecule has 2 aliphatic carbocycles. The number of fused-ring (bicyclic) bond motifs is 1. The van der Waals surface area contributed by atoms with Crippen LogP contribution in [0.25, 0.3) is 0 Å². The van der Waals surface area contributed by atoms with Crippen LogP contribution in [0.2, 0.25) is 0 Å². The van der Waals surface area contributed by atoms with Gasteiger partial charge in [-0.15, -0.1) is 0 Å². The first-order valence-corrected chi connectivity index (χ1v) is 8.44. The Morgan fingerprint density at radius 3 is 2.73 bits per heavy atom. The topological polar surface area (TPSA) is 61.8 Å². The van der Waals surface area contributed by atoms with Gasteiger partial charge in [0.15, 0.2) is 6.79 Å². The molecule has 0 N–H and O–H groups in total. The lowest BCUT2D eigenvalue weighted by atomic mass is 9.67. The molecule has 6 atom stereocenters. The standard InChI is InChI=1S/C17H26O5/c1-9(2)10(3)16(18)21-8-20-15-12-4-11-5-13(7-12)17(19)22-14(15)6-11/h9-15H,4-8H2,1-3H3. The third-order valence-corrected chi connectivity index (χ3v) is 5.67. The van der Waals surface area contributed by atoms with Crippen LogP contribution < -0.4 is 0 Å². The predicted molar refractivity (Wildman–Crippen MR) is 78.7 cm³/mol. The lowest BCUT2D eigenvalue weighted by molar-refractivity contribution is -0.188. The Balaban J connectivity index is 1.55. The minimum Gasteiger partial charge on any atom is -0.459 e. The van der Waals surface area contributed by atoms with E-state index in [0.29, 0.717) is 11.8 Å². The maximum atomic E-state index is 12.0. The molecule has 0 aromatic carbocycles. The van der Waals surface area contributed by atoms with Crippen molar-refractivity contribution in [3.8, 4) is 0 Å². The van der Waals surface area contributed by atoms with Gasteiger partial charge in [-0.2, -0.15) is 0 Å². The normalized spacial score (nSPS) is 37.8. The molecule has 0 spiro atoms. The molecule has 4 rings (SSSR count). The molecule has 0 aromatic rings. The van der Waals surface area contributed by atoms with Crippen molar-refractivity contribution in [3.05, 3.63) is 0 Å². The van der Waals surface area contributed by atoms with Gasteiger partial charge in [0.25, 0.3) is 0 Å². The van der Waals surface area contributed by atoms with Crippen molar-refractivity contribution in [3.63, 3.8) is 0 Å². The van der Waals surface area contributed by atoms with Crippen LogP contribution in [0.15, 0.2) is 0 Å². The minimum atomic E-state index is -0.228. The average molecular weight is 310 g/mol. The number of hydrogen-bond acceptors (Lipinski definition) is 5. The van der Waals surface area contributed by atoms with Crippen molar-refractivity contribution >= 4 is 11.9 Å². The second-order valence-corrected chi connectivity index (χ2v) is 7.49. The van der Waals surface area contributed by atoms with E-state index in [1.165, 1.54) is 0 Å². The Labute approximate surface area is 131 Å². The summed E-state index contributed by atoms with van der Waals surface area (Å²) in [6, 6.07) is 0. The zero-order valence-electron chi connectivity index (χ0n) is 13.6. The highest BCUT2D eigenvalue weighted by Gasteiger charge is 2.50. The Morgan fingerprint density at radius 2 is 2.00 bits per heavy atom. The molecule has 22 heavy (non-hydrogen) atoms. The van der Waals surface area contributed by atoms with E-state index in [0.717, 1.165) is 25.7 Å². The van der Waals surface area contributed by atoms with Crippen LogP contribution in [-0.2, 0) is 23.8 Å². The maximum absolute atomic E-state index is 12.0. The van der Waals surface area contributed by atoms with Crippen LogP contribution >= 0.6 is 0 Å². The van der Waals surface area contributed by atoms with E-state index in [1.54, 1.807) is 0 Å². The van der Waals surface area contributed by atoms with Crippen molar-refractivity contribution in [2.45, 2.75) is 58.7 Å². The highest BCUT2D eigenvalue weighted by Crippen LogP contribution is 2.48. The highest BCUT2D eigenvalue weighted by molar-refractivity contribution is 5.73. The lowest BCUT2D eigenvalue weighted by Crippen LogP contribution is -2.44. The number of ether oxygens (including phenoxy) is 3. The van der Waals surface area contributed by atoms with E-state index in [4.69, 9.17) is 14.2 Å². The summed E-state index contributed by atoms with van der Waals surface area (Å²) in [5, 5.41) is 0. The molecule has 124 valence electrons. The molecule has 2 saturated carbocycles. The van der Waals surface area contributed by atoms with Crippen molar-refractivity contribution in [2.75, 3.05) is 6.79 Å². The predicted octanol–water partition coefficient (Wildman–Crippen LogP) is 2.53. The van der Waals surface area contributed by atoms with Crippen LogP contribution in [0.1, 0.15) is 46.5 Å². The molecule has 6 unspecified atom stereocenters. The number of rotatable bonds is 5. The fourth-order valence-electron chi connectivity index (χ4n) is 4.08. The molecule has 2 aliphatic heterocycles. The van der Waals surface area contributed by atoms with Crippen LogP contribution in [0.5, 0.6) is 0 Å².